The topological polar surface area (TPSA) is 29.5 Å². The van der Waals surface area contributed by atoms with Gasteiger partial charge in [-0.25, -0.2) is 0 Å². The van der Waals surface area contributed by atoms with Crippen LogP contribution in [0.4, 0.5) is 0 Å². The van der Waals surface area contributed by atoms with Crippen LogP contribution in [0.3, 0.4) is 0 Å². The number of likely N-dealkylation sites (tertiary alicyclic amines) is 1. The predicted molar refractivity (Wildman–Crippen MR) is 78.5 cm³/mol. The third-order valence-electron chi connectivity index (χ3n) is 4.53. The highest BCUT2D eigenvalue weighted by atomic mass is 16.5. The molecule has 2 saturated heterocycles. The van der Waals surface area contributed by atoms with Crippen molar-refractivity contribution in [3.05, 3.63) is 35.9 Å². The lowest BCUT2D eigenvalue weighted by Gasteiger charge is -2.27. The van der Waals surface area contributed by atoms with Crippen LogP contribution >= 0.6 is 0 Å². The molecule has 2 fully saturated rings. The summed E-state index contributed by atoms with van der Waals surface area (Å²) in [5.74, 6) is 0.903. The van der Waals surface area contributed by atoms with Gasteiger partial charge in [0.15, 0.2) is 0 Å². The van der Waals surface area contributed by atoms with E-state index in [1.165, 1.54) is 18.4 Å². The second-order valence-electron chi connectivity index (χ2n) is 5.95. The Balaban J connectivity index is 1.70. The van der Waals surface area contributed by atoms with Crippen molar-refractivity contribution in [3.63, 3.8) is 0 Å². The fourth-order valence-corrected chi connectivity index (χ4v) is 3.33. The number of carbonyl (C=O) groups excluding carboxylic acids is 1. The predicted octanol–water partition coefficient (Wildman–Crippen LogP) is 2.82. The van der Waals surface area contributed by atoms with Crippen LogP contribution in [0.5, 0.6) is 0 Å². The van der Waals surface area contributed by atoms with Crippen molar-refractivity contribution in [3.8, 4) is 0 Å². The number of carbonyl (C=O) groups is 1. The first-order valence-electron chi connectivity index (χ1n) is 7.76. The first-order valence-corrected chi connectivity index (χ1v) is 7.76. The molecule has 0 aliphatic carbocycles. The van der Waals surface area contributed by atoms with E-state index in [1.807, 2.05) is 0 Å². The van der Waals surface area contributed by atoms with Crippen molar-refractivity contribution in [2.24, 2.45) is 5.92 Å². The van der Waals surface area contributed by atoms with Crippen molar-refractivity contribution in [1.82, 2.24) is 4.90 Å². The molecule has 0 bridgehead atoms. The Morgan fingerprint density at radius 2 is 2.00 bits per heavy atom. The average Bonchev–Trinajstić information content (AvgIpc) is 2.92. The third kappa shape index (κ3) is 3.04. The van der Waals surface area contributed by atoms with E-state index in [-0.39, 0.29) is 5.92 Å². The summed E-state index contributed by atoms with van der Waals surface area (Å²) in [6.07, 6.45) is 4.42. The lowest BCUT2D eigenvalue weighted by Crippen LogP contribution is -2.38. The maximum atomic E-state index is 12.6. The Labute approximate surface area is 120 Å². The second-order valence-corrected chi connectivity index (χ2v) is 5.95. The molecule has 0 aromatic heterocycles. The van der Waals surface area contributed by atoms with Gasteiger partial charge in [-0.2, -0.15) is 0 Å². The molecule has 3 heteroatoms. The van der Waals surface area contributed by atoms with Gasteiger partial charge in [-0.3, -0.25) is 4.79 Å². The molecular formula is C17H23NO2. The Kier molecular flexibility index (Phi) is 4.36. The maximum absolute atomic E-state index is 12.6. The van der Waals surface area contributed by atoms with Gasteiger partial charge < -0.3 is 9.64 Å². The van der Waals surface area contributed by atoms with Crippen molar-refractivity contribution < 1.29 is 9.53 Å². The zero-order valence-electron chi connectivity index (χ0n) is 12.0. The lowest BCUT2D eigenvalue weighted by molar-refractivity contribution is -0.135. The van der Waals surface area contributed by atoms with Crippen molar-refractivity contribution >= 4 is 5.91 Å². The van der Waals surface area contributed by atoms with E-state index in [2.05, 4.69) is 35.2 Å². The number of ether oxygens (including phenoxy) is 1. The van der Waals surface area contributed by atoms with Gasteiger partial charge in [0.2, 0.25) is 5.91 Å². The fourth-order valence-electron chi connectivity index (χ4n) is 3.33. The monoisotopic (exact) mass is 273 g/mol. The molecule has 0 N–H and O–H groups in total. The second kappa shape index (κ2) is 6.40. The van der Waals surface area contributed by atoms with Gasteiger partial charge in [0.05, 0.1) is 12.5 Å². The zero-order valence-corrected chi connectivity index (χ0v) is 12.0. The van der Waals surface area contributed by atoms with E-state index in [0.29, 0.717) is 18.4 Å². The number of rotatable bonds is 2. The van der Waals surface area contributed by atoms with Crippen LogP contribution in [0.1, 0.15) is 37.2 Å². The van der Waals surface area contributed by atoms with E-state index in [1.54, 1.807) is 0 Å². The standard InChI is InChI=1S/C17H23NO2/c19-17(16-9-11-20-13-16)18-10-5-4-8-15(12-18)14-6-2-1-3-7-14/h1-3,6-7,15-16H,4-5,8-13H2/t15-,16-/m1/s1. The Morgan fingerprint density at radius 1 is 1.15 bits per heavy atom. The molecule has 2 aliphatic rings. The first kappa shape index (κ1) is 13.6. The molecule has 0 spiro atoms. The molecule has 20 heavy (non-hydrogen) atoms. The smallest absolute Gasteiger partial charge is 0.228 e. The summed E-state index contributed by atoms with van der Waals surface area (Å²) in [6, 6.07) is 10.6. The van der Waals surface area contributed by atoms with Gasteiger partial charge in [-0.05, 0) is 24.8 Å². The number of hydrogen-bond donors (Lipinski definition) is 0. The summed E-state index contributed by atoms with van der Waals surface area (Å²) in [4.78, 5) is 14.7. The van der Waals surface area contributed by atoms with E-state index >= 15 is 0 Å². The van der Waals surface area contributed by atoms with Gasteiger partial charge in [0.25, 0.3) is 0 Å². The van der Waals surface area contributed by atoms with Crippen molar-refractivity contribution in [2.75, 3.05) is 26.3 Å². The highest BCUT2D eigenvalue weighted by molar-refractivity contribution is 5.79. The van der Waals surface area contributed by atoms with E-state index in [9.17, 15) is 4.79 Å². The van der Waals surface area contributed by atoms with Crippen LogP contribution in [0.25, 0.3) is 0 Å². The Hall–Kier alpha value is -1.35. The van der Waals surface area contributed by atoms with Crippen LogP contribution in [0, 0.1) is 5.92 Å². The third-order valence-corrected chi connectivity index (χ3v) is 4.53. The zero-order chi connectivity index (χ0) is 13.8. The van der Waals surface area contributed by atoms with Crippen LogP contribution in [-0.2, 0) is 9.53 Å². The molecule has 0 saturated carbocycles. The van der Waals surface area contributed by atoms with E-state index < -0.39 is 0 Å². The summed E-state index contributed by atoms with van der Waals surface area (Å²) >= 11 is 0. The van der Waals surface area contributed by atoms with Crippen molar-refractivity contribution in [1.29, 1.82) is 0 Å². The number of benzene rings is 1. The average molecular weight is 273 g/mol. The molecule has 3 nitrogen and oxygen atoms in total. The molecule has 2 atom stereocenters. The number of amides is 1. The van der Waals surface area contributed by atoms with Gasteiger partial charge in [0.1, 0.15) is 0 Å². The quantitative estimate of drug-likeness (QED) is 0.829. The fraction of sp³-hybridized carbons (Fsp3) is 0.588. The van der Waals surface area contributed by atoms with Gasteiger partial charge in [0, 0.05) is 25.6 Å². The summed E-state index contributed by atoms with van der Waals surface area (Å²) in [5, 5.41) is 0. The Morgan fingerprint density at radius 3 is 2.75 bits per heavy atom. The molecule has 0 radical (unpaired) electrons. The Bertz CT molecular complexity index is 440. The van der Waals surface area contributed by atoms with Crippen LogP contribution in [-0.4, -0.2) is 37.1 Å². The van der Waals surface area contributed by atoms with Crippen LogP contribution in [0.15, 0.2) is 30.3 Å². The summed E-state index contributed by atoms with van der Waals surface area (Å²) in [5.41, 5.74) is 1.37. The highest BCUT2D eigenvalue weighted by Crippen LogP contribution is 2.28. The molecule has 3 rings (SSSR count). The van der Waals surface area contributed by atoms with Crippen LogP contribution < -0.4 is 0 Å². The normalized spacial score (nSPS) is 27.3. The molecule has 108 valence electrons. The molecule has 2 heterocycles. The summed E-state index contributed by atoms with van der Waals surface area (Å²) in [6.45, 7) is 3.15. The van der Waals surface area contributed by atoms with Crippen LogP contribution in [0.2, 0.25) is 0 Å². The molecule has 1 aromatic carbocycles. The minimum atomic E-state index is 0.101. The summed E-state index contributed by atoms with van der Waals surface area (Å²) < 4.78 is 5.36. The SMILES string of the molecule is O=C([C@@H]1CCOC1)N1CCCC[C@@H](c2ccccc2)C1. The molecule has 0 unspecified atom stereocenters. The minimum absolute atomic E-state index is 0.101. The molecule has 1 aromatic rings. The maximum Gasteiger partial charge on any atom is 0.228 e. The largest absolute Gasteiger partial charge is 0.381 e. The van der Waals surface area contributed by atoms with Gasteiger partial charge in [-0.15, -0.1) is 0 Å². The van der Waals surface area contributed by atoms with Gasteiger partial charge >= 0.3 is 0 Å². The number of nitrogens with zero attached hydrogens (tertiary/aromatic N) is 1. The lowest BCUT2D eigenvalue weighted by atomic mass is 9.94. The highest BCUT2D eigenvalue weighted by Gasteiger charge is 2.30. The number of hydrogen-bond acceptors (Lipinski definition) is 2. The molecular weight excluding hydrogens is 250 g/mol. The first-order chi connectivity index (χ1) is 9.84. The molecule has 2 aliphatic heterocycles. The van der Waals surface area contributed by atoms with Gasteiger partial charge in [-0.1, -0.05) is 36.8 Å². The molecule has 1 amide bonds. The minimum Gasteiger partial charge on any atom is -0.381 e. The van der Waals surface area contributed by atoms with E-state index in [0.717, 1.165) is 32.5 Å². The van der Waals surface area contributed by atoms with E-state index in [4.69, 9.17) is 4.74 Å². The summed E-state index contributed by atoms with van der Waals surface area (Å²) in [7, 11) is 0. The van der Waals surface area contributed by atoms with Crippen molar-refractivity contribution in [2.45, 2.75) is 31.6 Å².